The van der Waals surface area contributed by atoms with Gasteiger partial charge in [-0.05, 0) is 67.3 Å². The van der Waals surface area contributed by atoms with Gasteiger partial charge < -0.3 is 5.32 Å². The first-order valence-electron chi connectivity index (χ1n) is 19.6. The van der Waals surface area contributed by atoms with Gasteiger partial charge >= 0.3 is 6.18 Å². The van der Waals surface area contributed by atoms with Gasteiger partial charge in [-0.2, -0.15) is 32.1 Å². The number of carbonyl (C=O) groups is 1. The highest BCUT2D eigenvalue weighted by Gasteiger charge is 2.67. The first kappa shape index (κ1) is 44.6. The quantitative estimate of drug-likeness (QED) is 0.116. The molecule has 4 heterocycles. The molecule has 2 N–H and O–H groups in total. The summed E-state index contributed by atoms with van der Waals surface area (Å²) in [7, 11) is -4.24. The molecule has 2 aliphatic carbocycles. The SMILES string of the molecule is Cc1ccnc(-c2ccc3c(=O)n(-c4ccc(Cl)c5c(NS(C)(=O)=O)nn(CC(F)(F)F)c45)c([C@H](Cc4cc(F)cc(F)c4)NC(=O)Cn4nc(C(F)F)c5c4C(F)(F)[C@@H]4C[C@H]54)nc3c2)n1. The van der Waals surface area contributed by atoms with Gasteiger partial charge in [0, 0.05) is 41.4 Å². The number of nitrogens with zero attached hydrogens (tertiary/aromatic N) is 8. The Bertz CT molecular complexity index is 3320. The van der Waals surface area contributed by atoms with Crippen LogP contribution in [0.1, 0.15) is 58.8 Å². The van der Waals surface area contributed by atoms with Crippen molar-refractivity contribution in [2.75, 3.05) is 11.0 Å². The molecule has 1 amide bonds. The van der Waals surface area contributed by atoms with Crippen LogP contribution in [-0.4, -0.2) is 65.8 Å². The van der Waals surface area contributed by atoms with Crippen LogP contribution in [0.5, 0.6) is 0 Å². The minimum absolute atomic E-state index is 0.0710. The molecular formula is C41H30ClF9N10O4S. The maximum absolute atomic E-state index is 15.6. The van der Waals surface area contributed by atoms with E-state index in [9.17, 15) is 43.9 Å². The number of hydrogen-bond donors (Lipinski definition) is 2. The summed E-state index contributed by atoms with van der Waals surface area (Å²) in [6.07, 6.45) is -6.87. The Balaban J connectivity index is 1.29. The number of anilines is 1. The van der Waals surface area contributed by atoms with Gasteiger partial charge in [-0.15, -0.1) is 0 Å². The minimum Gasteiger partial charge on any atom is -0.344 e. The molecule has 0 radical (unpaired) electrons. The zero-order valence-corrected chi connectivity index (χ0v) is 35.4. The van der Waals surface area contributed by atoms with Gasteiger partial charge in [-0.25, -0.2) is 40.9 Å². The van der Waals surface area contributed by atoms with Gasteiger partial charge in [0.15, 0.2) is 11.6 Å². The smallest absolute Gasteiger partial charge is 0.344 e. The molecule has 1 fully saturated rings. The largest absolute Gasteiger partial charge is 0.408 e. The number of carbonyl (C=O) groups excluding carboxylic acids is 1. The fourth-order valence-corrected chi connectivity index (χ4v) is 9.23. The molecule has 4 aromatic heterocycles. The van der Waals surface area contributed by atoms with Gasteiger partial charge in [0.25, 0.3) is 17.9 Å². The Kier molecular flexibility index (Phi) is 10.7. The number of sulfonamides is 1. The highest BCUT2D eigenvalue weighted by molar-refractivity contribution is 7.92. The number of benzene rings is 3. The van der Waals surface area contributed by atoms with Crippen LogP contribution in [0.3, 0.4) is 0 Å². The van der Waals surface area contributed by atoms with Crippen LogP contribution in [0.25, 0.3) is 38.9 Å². The molecule has 3 atom stereocenters. The van der Waals surface area contributed by atoms with Crippen molar-refractivity contribution in [2.24, 2.45) is 5.92 Å². The topological polar surface area (TPSA) is 172 Å². The fourth-order valence-electron chi connectivity index (χ4n) is 8.50. The second-order valence-corrected chi connectivity index (χ2v) is 18.1. The molecule has 0 bridgehead atoms. The summed E-state index contributed by atoms with van der Waals surface area (Å²) in [6.45, 7) is -1.29. The molecule has 344 valence electrons. The summed E-state index contributed by atoms with van der Waals surface area (Å²) in [5, 5.41) is 9.13. The first-order chi connectivity index (χ1) is 31.0. The monoisotopic (exact) mass is 964 g/mol. The van der Waals surface area contributed by atoms with Gasteiger partial charge in [0.1, 0.15) is 41.9 Å². The Morgan fingerprint density at radius 3 is 2.39 bits per heavy atom. The first-order valence-corrected chi connectivity index (χ1v) is 21.9. The molecule has 3 aromatic carbocycles. The second-order valence-electron chi connectivity index (χ2n) is 15.9. The molecule has 7 aromatic rings. The van der Waals surface area contributed by atoms with Crippen LogP contribution in [-0.2, 0) is 40.3 Å². The van der Waals surface area contributed by atoms with Crippen LogP contribution in [0.4, 0.5) is 45.3 Å². The lowest BCUT2D eigenvalue weighted by Gasteiger charge is -2.24. The van der Waals surface area contributed by atoms with E-state index in [1.165, 1.54) is 24.4 Å². The lowest BCUT2D eigenvalue weighted by atomic mass is 10.0. The number of alkyl halides is 7. The number of rotatable bonds is 12. The molecular weight excluding hydrogens is 935 g/mol. The third kappa shape index (κ3) is 8.19. The highest BCUT2D eigenvalue weighted by Crippen LogP contribution is 2.68. The van der Waals surface area contributed by atoms with Gasteiger partial charge in [0.2, 0.25) is 15.9 Å². The molecule has 1 saturated carbocycles. The summed E-state index contributed by atoms with van der Waals surface area (Å²) in [5.41, 5.74) is -3.70. The number of nitrogens with one attached hydrogen (secondary N) is 2. The zero-order chi connectivity index (χ0) is 47.4. The number of fused-ring (bicyclic) bond motifs is 5. The molecule has 14 nitrogen and oxygen atoms in total. The third-order valence-electron chi connectivity index (χ3n) is 11.1. The van der Waals surface area contributed by atoms with E-state index in [0.29, 0.717) is 32.9 Å². The third-order valence-corrected chi connectivity index (χ3v) is 12.0. The lowest BCUT2D eigenvalue weighted by molar-refractivity contribution is -0.141. The summed E-state index contributed by atoms with van der Waals surface area (Å²) in [5.74, 6) is -10.2. The van der Waals surface area contributed by atoms with Crippen LogP contribution >= 0.6 is 11.6 Å². The standard InChI is InChI=1S/C41H30ClF9N10O4S/c1-17-7-8-52-36(53-17)19-3-4-22-26(12-19)55-38(61(39(22)63)28-6-5-25(42)31-33(28)60(16-40(47,48)49)57-37(31)58-66(2,64)65)27(11-18-9-20(43)13-21(44)10-18)54-29(62)15-59-34-30(32(56-59)35(45)46)23-14-24(23)41(34,50)51/h3-10,12-13,23-24,27,35H,11,14-16H2,1-2H3,(H,54,62)(H,57,58)/t23-,24+,27-/m0/s1. The maximum atomic E-state index is 15.6. The Morgan fingerprint density at radius 2 is 1.73 bits per heavy atom. The van der Waals surface area contributed by atoms with Gasteiger partial charge in [-0.1, -0.05) is 17.7 Å². The lowest BCUT2D eigenvalue weighted by Crippen LogP contribution is -2.38. The average Bonchev–Trinajstić information content (AvgIpc) is 3.74. The van der Waals surface area contributed by atoms with E-state index in [0.717, 1.165) is 28.8 Å². The van der Waals surface area contributed by atoms with Crippen molar-refractivity contribution in [3.63, 3.8) is 0 Å². The maximum Gasteiger partial charge on any atom is 0.408 e. The number of amides is 1. The van der Waals surface area contributed by atoms with Gasteiger partial charge in [-0.3, -0.25) is 28.2 Å². The Labute approximate surface area is 370 Å². The van der Waals surface area contributed by atoms with Crippen LogP contribution < -0.4 is 15.6 Å². The summed E-state index contributed by atoms with van der Waals surface area (Å²) in [6, 6.07) is 8.46. The van der Waals surface area contributed by atoms with E-state index in [-0.39, 0.29) is 39.3 Å². The number of aromatic nitrogens is 8. The molecule has 0 aliphatic heterocycles. The van der Waals surface area contributed by atoms with Crippen molar-refractivity contribution in [3.8, 4) is 17.1 Å². The van der Waals surface area contributed by atoms with Crippen LogP contribution in [0.2, 0.25) is 5.02 Å². The summed E-state index contributed by atoms with van der Waals surface area (Å²) < 4.78 is 160. The summed E-state index contributed by atoms with van der Waals surface area (Å²) in [4.78, 5) is 42.6. The molecule has 0 spiro atoms. The molecule has 25 heteroatoms. The number of halogens is 10. The van der Waals surface area contributed by atoms with Crippen molar-refractivity contribution in [1.29, 1.82) is 0 Å². The Hall–Kier alpha value is -6.56. The highest BCUT2D eigenvalue weighted by atomic mass is 35.5. The van der Waals surface area contributed by atoms with E-state index in [1.54, 1.807) is 13.0 Å². The normalized spacial score (nSPS) is 17.0. The van der Waals surface area contributed by atoms with Crippen molar-refractivity contribution in [2.45, 2.75) is 63.3 Å². The minimum atomic E-state index is -5.02. The molecule has 2 aliphatic rings. The van der Waals surface area contributed by atoms with Gasteiger partial charge in [0.05, 0.1) is 44.8 Å². The fraction of sp³-hybridized carbons (Fsp3) is 0.293. The van der Waals surface area contributed by atoms with E-state index < -0.39 is 129 Å². The summed E-state index contributed by atoms with van der Waals surface area (Å²) >= 11 is 6.51. The van der Waals surface area contributed by atoms with Crippen molar-refractivity contribution in [1.82, 2.24) is 44.4 Å². The van der Waals surface area contributed by atoms with Crippen molar-refractivity contribution in [3.05, 3.63) is 122 Å². The molecule has 66 heavy (non-hydrogen) atoms. The molecule has 9 rings (SSSR count). The van der Waals surface area contributed by atoms with E-state index in [4.69, 9.17) is 16.6 Å². The molecule has 0 saturated heterocycles. The average molecular weight is 965 g/mol. The van der Waals surface area contributed by atoms with Crippen LogP contribution in [0.15, 0.2) is 65.6 Å². The van der Waals surface area contributed by atoms with Crippen molar-refractivity contribution < 1.29 is 52.7 Å². The second kappa shape index (κ2) is 15.8. The Morgan fingerprint density at radius 1 is 1.00 bits per heavy atom. The zero-order valence-electron chi connectivity index (χ0n) is 33.8. The number of hydrogen-bond acceptors (Lipinski definition) is 9. The molecule has 0 unspecified atom stereocenters. The van der Waals surface area contributed by atoms with Crippen molar-refractivity contribution >= 4 is 55.2 Å². The number of aryl methyl sites for hydroxylation is 1. The predicted molar refractivity (Wildman–Crippen MR) is 219 cm³/mol. The van der Waals surface area contributed by atoms with E-state index in [2.05, 4.69) is 25.5 Å². The van der Waals surface area contributed by atoms with E-state index in [1.807, 2.05) is 4.72 Å². The van der Waals surface area contributed by atoms with Crippen LogP contribution in [0, 0.1) is 24.5 Å². The predicted octanol–water partition coefficient (Wildman–Crippen LogP) is 7.81. The van der Waals surface area contributed by atoms with E-state index >= 15 is 13.6 Å².